The van der Waals surface area contributed by atoms with E-state index in [1.165, 1.54) is 19.1 Å². The third-order valence-electron chi connectivity index (χ3n) is 3.64. The number of amides is 2. The number of carboxylic acids is 1. The highest BCUT2D eigenvalue weighted by atomic mass is 35.5. The predicted molar refractivity (Wildman–Crippen MR) is 90.1 cm³/mol. The van der Waals surface area contributed by atoms with Crippen molar-refractivity contribution in [3.63, 3.8) is 0 Å². The number of carbonyl (C=O) groups excluding carboxylic acids is 2. The third kappa shape index (κ3) is 4.17. The van der Waals surface area contributed by atoms with Crippen molar-refractivity contribution in [3.05, 3.63) is 28.8 Å². The summed E-state index contributed by atoms with van der Waals surface area (Å²) in [5.41, 5.74) is -0.706. The molecular formula is C15H17ClN2O4S. The van der Waals surface area contributed by atoms with Crippen LogP contribution in [0.3, 0.4) is 0 Å². The Hall–Kier alpha value is -1.73. The summed E-state index contributed by atoms with van der Waals surface area (Å²) >= 11 is 7.71. The summed E-state index contributed by atoms with van der Waals surface area (Å²) in [6.07, 6.45) is 0.726. The largest absolute Gasteiger partial charge is 0.480 e. The molecule has 0 unspecified atom stereocenters. The number of rotatable bonds is 4. The van der Waals surface area contributed by atoms with Crippen molar-refractivity contribution in [1.29, 1.82) is 0 Å². The van der Waals surface area contributed by atoms with E-state index in [-0.39, 0.29) is 16.5 Å². The molecule has 1 aromatic rings. The predicted octanol–water partition coefficient (Wildman–Crippen LogP) is 2.38. The first-order chi connectivity index (χ1) is 10.8. The molecule has 0 aromatic heterocycles. The fraction of sp³-hybridized carbons (Fsp3) is 0.400. The number of carboxylic acid groups (broad SMARTS) is 1. The zero-order chi connectivity index (χ0) is 17.0. The lowest BCUT2D eigenvalue weighted by molar-refractivity contribution is -0.144. The topological polar surface area (TPSA) is 95.5 Å². The fourth-order valence-electron chi connectivity index (χ4n) is 2.38. The van der Waals surface area contributed by atoms with Crippen molar-refractivity contribution in [1.82, 2.24) is 5.32 Å². The SMILES string of the molecule is CC(=O)Nc1ccc(Cl)c(C(=O)NC2(C(=O)O)CCSCC2)c1. The number of anilines is 1. The Morgan fingerprint density at radius 1 is 1.26 bits per heavy atom. The van der Waals surface area contributed by atoms with Gasteiger partial charge >= 0.3 is 5.97 Å². The standard InChI is InChI=1S/C15H17ClN2O4S/c1-9(19)17-10-2-3-12(16)11(8-10)13(20)18-15(14(21)22)4-6-23-7-5-15/h2-3,8H,4-7H2,1H3,(H,17,19)(H,18,20)(H,21,22). The fourth-order valence-corrected chi connectivity index (χ4v) is 3.77. The molecular weight excluding hydrogens is 340 g/mol. The summed E-state index contributed by atoms with van der Waals surface area (Å²) in [5, 5.41) is 14.9. The van der Waals surface area contributed by atoms with Gasteiger partial charge in [0.15, 0.2) is 0 Å². The van der Waals surface area contributed by atoms with Gasteiger partial charge in [0.05, 0.1) is 10.6 Å². The van der Waals surface area contributed by atoms with Gasteiger partial charge in [-0.05, 0) is 42.5 Å². The first-order valence-electron chi connectivity index (χ1n) is 7.05. The van der Waals surface area contributed by atoms with Crippen LogP contribution in [-0.2, 0) is 9.59 Å². The molecule has 1 saturated heterocycles. The molecule has 1 heterocycles. The molecule has 0 atom stereocenters. The van der Waals surface area contributed by atoms with Gasteiger partial charge in [0.25, 0.3) is 5.91 Å². The van der Waals surface area contributed by atoms with E-state index in [0.717, 1.165) is 0 Å². The Kier molecular flexibility index (Phi) is 5.54. The number of nitrogens with one attached hydrogen (secondary N) is 2. The second-order valence-corrected chi connectivity index (χ2v) is 6.96. The number of thioether (sulfide) groups is 1. The van der Waals surface area contributed by atoms with E-state index in [2.05, 4.69) is 10.6 Å². The highest BCUT2D eigenvalue weighted by Gasteiger charge is 2.41. The molecule has 8 heteroatoms. The molecule has 0 radical (unpaired) electrons. The molecule has 23 heavy (non-hydrogen) atoms. The minimum absolute atomic E-state index is 0.136. The Bertz CT molecular complexity index is 644. The lowest BCUT2D eigenvalue weighted by Crippen LogP contribution is -2.56. The van der Waals surface area contributed by atoms with Crippen LogP contribution in [0.15, 0.2) is 18.2 Å². The van der Waals surface area contributed by atoms with E-state index in [0.29, 0.717) is 30.0 Å². The quantitative estimate of drug-likeness (QED) is 0.769. The molecule has 0 bridgehead atoms. The summed E-state index contributed by atoms with van der Waals surface area (Å²) in [7, 11) is 0. The van der Waals surface area contributed by atoms with Crippen LogP contribution >= 0.6 is 23.4 Å². The van der Waals surface area contributed by atoms with Crippen LogP contribution in [0.5, 0.6) is 0 Å². The van der Waals surface area contributed by atoms with Crippen molar-refractivity contribution in [3.8, 4) is 0 Å². The van der Waals surface area contributed by atoms with Crippen molar-refractivity contribution in [2.24, 2.45) is 0 Å². The Morgan fingerprint density at radius 2 is 1.91 bits per heavy atom. The average molecular weight is 357 g/mol. The summed E-state index contributed by atoms with van der Waals surface area (Å²) in [6.45, 7) is 1.35. The van der Waals surface area contributed by atoms with Crippen molar-refractivity contribution in [2.45, 2.75) is 25.3 Å². The van der Waals surface area contributed by atoms with Crippen LogP contribution in [-0.4, -0.2) is 39.9 Å². The van der Waals surface area contributed by atoms with Crippen molar-refractivity contribution >= 4 is 46.8 Å². The number of benzene rings is 1. The molecule has 124 valence electrons. The summed E-state index contributed by atoms with van der Waals surface area (Å²) in [6, 6.07) is 4.50. The highest BCUT2D eigenvalue weighted by molar-refractivity contribution is 7.99. The maximum atomic E-state index is 12.5. The Balaban J connectivity index is 2.25. The van der Waals surface area contributed by atoms with E-state index >= 15 is 0 Å². The zero-order valence-electron chi connectivity index (χ0n) is 12.5. The molecule has 1 aliphatic rings. The van der Waals surface area contributed by atoms with E-state index in [1.807, 2.05) is 0 Å². The number of hydrogen-bond donors (Lipinski definition) is 3. The van der Waals surface area contributed by atoms with E-state index < -0.39 is 17.4 Å². The van der Waals surface area contributed by atoms with Crippen LogP contribution in [0.2, 0.25) is 5.02 Å². The van der Waals surface area contributed by atoms with Crippen LogP contribution < -0.4 is 10.6 Å². The van der Waals surface area contributed by atoms with Gasteiger partial charge in [0.1, 0.15) is 5.54 Å². The maximum Gasteiger partial charge on any atom is 0.329 e. The second kappa shape index (κ2) is 7.23. The van der Waals surface area contributed by atoms with Crippen LogP contribution in [0, 0.1) is 0 Å². The van der Waals surface area contributed by atoms with Crippen LogP contribution in [0.1, 0.15) is 30.1 Å². The van der Waals surface area contributed by atoms with E-state index in [9.17, 15) is 19.5 Å². The minimum atomic E-state index is -1.27. The lowest BCUT2D eigenvalue weighted by Gasteiger charge is -2.33. The summed E-state index contributed by atoms with van der Waals surface area (Å²) in [4.78, 5) is 35.2. The monoisotopic (exact) mass is 356 g/mol. The van der Waals surface area contributed by atoms with Gasteiger partial charge in [-0.15, -0.1) is 0 Å². The van der Waals surface area contributed by atoms with Gasteiger partial charge in [-0.2, -0.15) is 11.8 Å². The number of aliphatic carboxylic acids is 1. The smallest absolute Gasteiger partial charge is 0.329 e. The molecule has 0 spiro atoms. The Labute approximate surface area is 143 Å². The molecule has 6 nitrogen and oxygen atoms in total. The van der Waals surface area contributed by atoms with Gasteiger partial charge < -0.3 is 15.7 Å². The average Bonchev–Trinajstić information content (AvgIpc) is 2.49. The number of hydrogen-bond acceptors (Lipinski definition) is 4. The van der Waals surface area contributed by atoms with Gasteiger partial charge in [-0.25, -0.2) is 4.79 Å². The van der Waals surface area contributed by atoms with Crippen LogP contribution in [0.25, 0.3) is 0 Å². The maximum absolute atomic E-state index is 12.5. The van der Waals surface area contributed by atoms with Gasteiger partial charge in [-0.1, -0.05) is 11.6 Å². The molecule has 1 aliphatic heterocycles. The lowest BCUT2D eigenvalue weighted by atomic mass is 9.92. The molecule has 1 fully saturated rings. The molecule has 2 amide bonds. The zero-order valence-corrected chi connectivity index (χ0v) is 14.1. The third-order valence-corrected chi connectivity index (χ3v) is 4.96. The summed E-state index contributed by atoms with van der Waals surface area (Å²) < 4.78 is 0. The van der Waals surface area contributed by atoms with Crippen molar-refractivity contribution in [2.75, 3.05) is 16.8 Å². The van der Waals surface area contributed by atoms with Crippen molar-refractivity contribution < 1.29 is 19.5 Å². The molecule has 0 aliphatic carbocycles. The summed E-state index contributed by atoms with van der Waals surface area (Å²) in [5.74, 6) is -0.528. The minimum Gasteiger partial charge on any atom is -0.480 e. The second-order valence-electron chi connectivity index (χ2n) is 5.33. The first kappa shape index (κ1) is 17.6. The number of halogens is 1. The molecule has 3 N–H and O–H groups in total. The van der Waals surface area contributed by atoms with Gasteiger partial charge in [0.2, 0.25) is 5.91 Å². The Morgan fingerprint density at radius 3 is 2.48 bits per heavy atom. The van der Waals surface area contributed by atoms with E-state index in [1.54, 1.807) is 17.8 Å². The molecule has 1 aromatic carbocycles. The first-order valence-corrected chi connectivity index (χ1v) is 8.58. The highest BCUT2D eigenvalue weighted by Crippen LogP contribution is 2.29. The molecule has 0 saturated carbocycles. The van der Waals surface area contributed by atoms with E-state index in [4.69, 9.17) is 11.6 Å². The number of carbonyl (C=O) groups is 3. The van der Waals surface area contributed by atoms with Gasteiger partial charge in [0, 0.05) is 12.6 Å². The van der Waals surface area contributed by atoms with Crippen LogP contribution in [0.4, 0.5) is 5.69 Å². The molecule has 2 rings (SSSR count). The van der Waals surface area contributed by atoms with Gasteiger partial charge in [-0.3, -0.25) is 9.59 Å². The normalized spacial score (nSPS) is 16.4.